The predicted octanol–water partition coefficient (Wildman–Crippen LogP) is 0.432. The molecule has 2 heterocycles. The van der Waals surface area contributed by atoms with Gasteiger partial charge in [-0.05, 0) is 24.3 Å². The third kappa shape index (κ3) is 3.17. The van der Waals surface area contributed by atoms with E-state index in [1.807, 2.05) is 4.90 Å². The maximum Gasteiger partial charge on any atom is 0.274 e. The molecule has 1 saturated heterocycles. The summed E-state index contributed by atoms with van der Waals surface area (Å²) in [5.74, 6) is -1.31. The Balaban J connectivity index is 1.80. The Morgan fingerprint density at radius 2 is 1.92 bits per heavy atom. The van der Waals surface area contributed by atoms with Crippen molar-refractivity contribution in [1.82, 2.24) is 14.9 Å². The van der Waals surface area contributed by atoms with Crippen LogP contribution in [0.4, 0.5) is 10.1 Å². The molecule has 8 heteroatoms. The van der Waals surface area contributed by atoms with E-state index in [-0.39, 0.29) is 24.0 Å². The summed E-state index contributed by atoms with van der Waals surface area (Å²) >= 11 is 0. The average molecular weight is 329 g/mol. The molecular formula is C16H16FN5O2. The Bertz CT molecular complexity index is 738. The summed E-state index contributed by atoms with van der Waals surface area (Å²) in [6, 6.07) is 5.18. The Labute approximate surface area is 137 Å². The van der Waals surface area contributed by atoms with Crippen molar-refractivity contribution in [3.8, 4) is 0 Å². The third-order valence-corrected chi connectivity index (χ3v) is 3.94. The minimum atomic E-state index is -0.793. The van der Waals surface area contributed by atoms with Gasteiger partial charge in [-0.1, -0.05) is 0 Å². The van der Waals surface area contributed by atoms with Crippen molar-refractivity contribution in [3.63, 3.8) is 0 Å². The zero-order valence-electron chi connectivity index (χ0n) is 12.8. The number of benzene rings is 1. The van der Waals surface area contributed by atoms with Crippen LogP contribution >= 0.6 is 0 Å². The number of nitrogens with zero attached hydrogens (tertiary/aromatic N) is 4. The lowest BCUT2D eigenvalue weighted by molar-refractivity contribution is -0.122. The van der Waals surface area contributed by atoms with Gasteiger partial charge in [0.2, 0.25) is 5.91 Å². The maximum atomic E-state index is 13.1. The molecule has 3 rings (SSSR count). The normalized spacial score (nSPS) is 17.6. The van der Waals surface area contributed by atoms with Gasteiger partial charge in [-0.2, -0.15) is 0 Å². The molecule has 7 nitrogen and oxygen atoms in total. The largest absolute Gasteiger partial charge is 0.368 e. The van der Waals surface area contributed by atoms with Gasteiger partial charge < -0.3 is 15.5 Å². The van der Waals surface area contributed by atoms with Crippen LogP contribution < -0.4 is 10.6 Å². The van der Waals surface area contributed by atoms with Crippen molar-refractivity contribution in [2.45, 2.75) is 6.04 Å². The smallest absolute Gasteiger partial charge is 0.274 e. The van der Waals surface area contributed by atoms with E-state index in [1.165, 1.54) is 35.6 Å². The number of rotatable bonds is 3. The minimum absolute atomic E-state index is 0.166. The number of piperazine rings is 1. The number of carbonyl (C=O) groups excluding carboxylic acids is 2. The Kier molecular flexibility index (Phi) is 4.37. The fraction of sp³-hybridized carbons (Fsp3) is 0.250. The van der Waals surface area contributed by atoms with Crippen molar-refractivity contribution in [2.24, 2.45) is 5.73 Å². The zero-order valence-corrected chi connectivity index (χ0v) is 12.8. The fourth-order valence-electron chi connectivity index (χ4n) is 2.71. The van der Waals surface area contributed by atoms with E-state index in [0.717, 1.165) is 5.69 Å². The molecule has 1 aromatic heterocycles. The monoisotopic (exact) mass is 329 g/mol. The molecule has 1 atom stereocenters. The van der Waals surface area contributed by atoms with E-state index >= 15 is 0 Å². The van der Waals surface area contributed by atoms with Crippen LogP contribution in [0, 0.1) is 5.82 Å². The van der Waals surface area contributed by atoms with Crippen LogP contribution in [0.5, 0.6) is 0 Å². The zero-order chi connectivity index (χ0) is 17.1. The van der Waals surface area contributed by atoms with Crippen molar-refractivity contribution in [1.29, 1.82) is 0 Å². The first kappa shape index (κ1) is 15.9. The minimum Gasteiger partial charge on any atom is -0.368 e. The topological polar surface area (TPSA) is 92.4 Å². The van der Waals surface area contributed by atoms with E-state index in [4.69, 9.17) is 5.73 Å². The number of hydrogen-bond donors (Lipinski definition) is 1. The second kappa shape index (κ2) is 6.61. The number of anilines is 1. The van der Waals surface area contributed by atoms with Crippen LogP contribution in [-0.4, -0.2) is 52.4 Å². The highest BCUT2D eigenvalue weighted by atomic mass is 19.1. The molecule has 1 aromatic carbocycles. The van der Waals surface area contributed by atoms with Gasteiger partial charge in [0.25, 0.3) is 5.91 Å². The van der Waals surface area contributed by atoms with Gasteiger partial charge in [-0.15, -0.1) is 0 Å². The molecule has 0 saturated carbocycles. The third-order valence-electron chi connectivity index (χ3n) is 3.94. The Morgan fingerprint density at radius 3 is 2.54 bits per heavy atom. The molecule has 124 valence electrons. The molecule has 24 heavy (non-hydrogen) atoms. The highest BCUT2D eigenvalue weighted by Crippen LogP contribution is 2.20. The van der Waals surface area contributed by atoms with Crippen LogP contribution in [0.25, 0.3) is 0 Å². The van der Waals surface area contributed by atoms with Gasteiger partial charge in [0, 0.05) is 37.7 Å². The number of nitrogens with two attached hydrogens (primary N) is 1. The van der Waals surface area contributed by atoms with Crippen LogP contribution in [-0.2, 0) is 4.79 Å². The van der Waals surface area contributed by atoms with Crippen molar-refractivity contribution >= 4 is 17.5 Å². The molecule has 1 unspecified atom stereocenters. The number of carbonyl (C=O) groups is 2. The second-order valence-electron chi connectivity index (χ2n) is 5.43. The molecule has 0 bridgehead atoms. The summed E-state index contributed by atoms with van der Waals surface area (Å²) in [4.78, 5) is 35.5. The highest BCUT2D eigenvalue weighted by molar-refractivity contribution is 5.96. The van der Waals surface area contributed by atoms with Gasteiger partial charge in [0.1, 0.15) is 17.6 Å². The first-order chi connectivity index (χ1) is 11.6. The van der Waals surface area contributed by atoms with Gasteiger partial charge in [0.15, 0.2) is 0 Å². The Hall–Kier alpha value is -3.03. The predicted molar refractivity (Wildman–Crippen MR) is 84.7 cm³/mol. The van der Waals surface area contributed by atoms with Gasteiger partial charge >= 0.3 is 0 Å². The SMILES string of the molecule is NC(=O)C1CN(c2ccc(F)cc2)CCN1C(=O)c1cnccn1. The highest BCUT2D eigenvalue weighted by Gasteiger charge is 2.35. The molecule has 0 radical (unpaired) electrons. The van der Waals surface area contributed by atoms with Crippen molar-refractivity contribution < 1.29 is 14.0 Å². The van der Waals surface area contributed by atoms with E-state index in [9.17, 15) is 14.0 Å². The van der Waals surface area contributed by atoms with Crippen LogP contribution in [0.15, 0.2) is 42.9 Å². The van der Waals surface area contributed by atoms with E-state index in [2.05, 4.69) is 9.97 Å². The molecule has 0 spiro atoms. The lowest BCUT2D eigenvalue weighted by Gasteiger charge is -2.40. The number of halogens is 1. The summed E-state index contributed by atoms with van der Waals surface area (Å²) in [6.07, 6.45) is 4.24. The first-order valence-electron chi connectivity index (χ1n) is 7.43. The summed E-state index contributed by atoms with van der Waals surface area (Å²) in [5.41, 5.74) is 6.42. The van der Waals surface area contributed by atoms with E-state index in [0.29, 0.717) is 13.1 Å². The molecular weight excluding hydrogens is 313 g/mol. The molecule has 2 aromatic rings. The number of aromatic nitrogens is 2. The number of hydrogen-bond acceptors (Lipinski definition) is 5. The lowest BCUT2D eigenvalue weighted by Crippen LogP contribution is -2.60. The Morgan fingerprint density at radius 1 is 1.17 bits per heavy atom. The summed E-state index contributed by atoms with van der Waals surface area (Å²) in [7, 11) is 0. The van der Waals surface area contributed by atoms with Crippen LogP contribution in [0.3, 0.4) is 0 Å². The summed E-state index contributed by atoms with van der Waals surface area (Å²) in [6.45, 7) is 1.05. The molecule has 2 amide bonds. The standard InChI is InChI=1S/C16H16FN5O2/c17-11-1-3-12(4-2-11)21-7-8-22(14(10-21)15(18)23)16(24)13-9-19-5-6-20-13/h1-6,9,14H,7-8,10H2,(H2,18,23). The van der Waals surface area contributed by atoms with Crippen molar-refractivity contribution in [3.05, 3.63) is 54.4 Å². The van der Waals surface area contributed by atoms with Gasteiger partial charge in [-0.25, -0.2) is 9.37 Å². The maximum absolute atomic E-state index is 13.1. The van der Waals surface area contributed by atoms with Crippen LogP contribution in [0.1, 0.15) is 10.5 Å². The number of primary amides is 1. The van der Waals surface area contributed by atoms with Crippen molar-refractivity contribution in [2.75, 3.05) is 24.5 Å². The molecule has 1 aliphatic heterocycles. The number of amides is 2. The quantitative estimate of drug-likeness (QED) is 0.882. The lowest BCUT2D eigenvalue weighted by atomic mass is 10.1. The first-order valence-corrected chi connectivity index (χ1v) is 7.43. The average Bonchev–Trinajstić information content (AvgIpc) is 2.62. The van der Waals surface area contributed by atoms with Gasteiger partial charge in [-0.3, -0.25) is 14.6 Å². The van der Waals surface area contributed by atoms with E-state index in [1.54, 1.807) is 12.1 Å². The van der Waals surface area contributed by atoms with E-state index < -0.39 is 11.9 Å². The van der Waals surface area contributed by atoms with Gasteiger partial charge in [0.05, 0.1) is 6.20 Å². The molecule has 1 fully saturated rings. The van der Waals surface area contributed by atoms with Crippen LogP contribution in [0.2, 0.25) is 0 Å². The second-order valence-corrected chi connectivity index (χ2v) is 5.43. The molecule has 1 aliphatic rings. The summed E-state index contributed by atoms with van der Waals surface area (Å²) in [5, 5.41) is 0. The molecule has 2 N–H and O–H groups in total. The molecule has 0 aliphatic carbocycles. The fourth-order valence-corrected chi connectivity index (χ4v) is 2.71. The summed E-state index contributed by atoms with van der Waals surface area (Å²) < 4.78 is 13.1.